The van der Waals surface area contributed by atoms with Crippen LogP contribution in [0.1, 0.15) is 18.1 Å². The molecule has 1 aliphatic rings. The molecule has 0 aromatic heterocycles. The van der Waals surface area contributed by atoms with Gasteiger partial charge >= 0.3 is 6.09 Å². The summed E-state index contributed by atoms with van der Waals surface area (Å²) >= 11 is 0. The Hall–Kier alpha value is -2.33. The van der Waals surface area contributed by atoms with Gasteiger partial charge in [0, 0.05) is 30.7 Å². The van der Waals surface area contributed by atoms with Crippen molar-refractivity contribution < 1.29 is 14.6 Å². The molecular weight excluding hydrogens is 290 g/mol. The first kappa shape index (κ1) is 15.6. The van der Waals surface area contributed by atoms with Gasteiger partial charge in [-0.05, 0) is 0 Å². The second-order valence-corrected chi connectivity index (χ2v) is 6.05. The molecule has 3 rings (SSSR count). The topological polar surface area (TPSA) is 49.8 Å². The van der Waals surface area contributed by atoms with Crippen LogP contribution in [0.25, 0.3) is 0 Å². The number of cyclic esters (lactones) is 1. The van der Waals surface area contributed by atoms with Crippen LogP contribution in [0.5, 0.6) is 0 Å². The minimum atomic E-state index is -0.920. The second kappa shape index (κ2) is 6.05. The maximum absolute atomic E-state index is 12.4. The molecule has 2 aromatic rings. The van der Waals surface area contributed by atoms with Crippen LogP contribution in [0.15, 0.2) is 60.7 Å². The Balaban J connectivity index is 2.25. The van der Waals surface area contributed by atoms with E-state index >= 15 is 0 Å². The minimum Gasteiger partial charge on any atom is -0.431 e. The predicted molar refractivity (Wildman–Crippen MR) is 87.9 cm³/mol. The van der Waals surface area contributed by atoms with Gasteiger partial charge in [-0.2, -0.15) is 0 Å². The molecule has 1 aliphatic heterocycles. The number of carbonyl (C=O) groups is 1. The molecule has 4 nitrogen and oxygen atoms in total. The summed E-state index contributed by atoms with van der Waals surface area (Å²) in [6, 6.07) is 19.2. The van der Waals surface area contributed by atoms with E-state index in [-0.39, 0.29) is 24.7 Å². The summed E-state index contributed by atoms with van der Waals surface area (Å²) in [5.74, 6) is -0.133. The van der Waals surface area contributed by atoms with E-state index in [1.54, 1.807) is 11.9 Å². The number of nitrogens with zero attached hydrogens (tertiary/aromatic N) is 1. The molecule has 1 N–H and O–H groups in total. The Morgan fingerprint density at radius 2 is 1.57 bits per heavy atom. The van der Waals surface area contributed by atoms with Crippen molar-refractivity contribution in [3.8, 4) is 0 Å². The highest BCUT2D eigenvalue weighted by Crippen LogP contribution is 2.46. The lowest BCUT2D eigenvalue weighted by Crippen LogP contribution is -2.48. The number of rotatable bonds is 4. The van der Waals surface area contributed by atoms with E-state index in [2.05, 4.69) is 0 Å². The van der Waals surface area contributed by atoms with E-state index in [0.717, 1.165) is 11.1 Å². The molecule has 0 saturated carbocycles. The van der Waals surface area contributed by atoms with Crippen molar-refractivity contribution in [1.82, 2.24) is 4.90 Å². The summed E-state index contributed by atoms with van der Waals surface area (Å²) in [7, 11) is 1.73. The Bertz CT molecular complexity index is 632. The van der Waals surface area contributed by atoms with Gasteiger partial charge in [-0.1, -0.05) is 67.6 Å². The number of aliphatic hydroxyl groups excluding tert-OH is 1. The van der Waals surface area contributed by atoms with Gasteiger partial charge in [-0.3, -0.25) is 0 Å². The van der Waals surface area contributed by atoms with E-state index in [0.29, 0.717) is 0 Å². The smallest absolute Gasteiger partial charge is 0.411 e. The van der Waals surface area contributed by atoms with Crippen molar-refractivity contribution in [2.45, 2.75) is 18.6 Å². The molecule has 2 unspecified atom stereocenters. The molecule has 0 aliphatic carbocycles. The minimum absolute atomic E-state index is 0.0208. The number of aliphatic hydroxyl groups is 1. The highest BCUT2D eigenvalue weighted by molar-refractivity contribution is 5.73. The van der Waals surface area contributed by atoms with Crippen LogP contribution in [-0.2, 0) is 10.3 Å². The van der Waals surface area contributed by atoms with Gasteiger partial charge in [0.1, 0.15) is 0 Å². The predicted octanol–water partition coefficient (Wildman–Crippen LogP) is 3.01. The molecule has 2 aromatic carbocycles. The highest BCUT2D eigenvalue weighted by Gasteiger charge is 2.56. The molecule has 1 saturated heterocycles. The maximum atomic E-state index is 12.4. The zero-order valence-corrected chi connectivity index (χ0v) is 13.3. The SMILES string of the molecule is CC(CO)C1N(C)C(=O)OC1(c1ccccc1)c1ccccc1. The molecule has 1 heterocycles. The zero-order valence-electron chi connectivity index (χ0n) is 13.3. The van der Waals surface area contributed by atoms with Gasteiger partial charge in [-0.25, -0.2) is 4.79 Å². The average Bonchev–Trinajstić information content (AvgIpc) is 2.88. The fraction of sp³-hybridized carbons (Fsp3) is 0.316. The van der Waals surface area contributed by atoms with Crippen molar-refractivity contribution in [2.24, 2.45) is 5.92 Å². The summed E-state index contributed by atoms with van der Waals surface area (Å²) < 4.78 is 5.94. The molecule has 2 atom stereocenters. The van der Waals surface area contributed by atoms with Gasteiger partial charge in [0.15, 0.2) is 5.60 Å². The van der Waals surface area contributed by atoms with Crippen LogP contribution in [0.4, 0.5) is 4.79 Å². The number of carbonyl (C=O) groups excluding carboxylic acids is 1. The first-order chi connectivity index (χ1) is 11.1. The van der Waals surface area contributed by atoms with Crippen LogP contribution >= 0.6 is 0 Å². The number of ether oxygens (including phenoxy) is 1. The third kappa shape index (κ3) is 2.39. The summed E-state index contributed by atoms with van der Waals surface area (Å²) in [6.07, 6.45) is -0.372. The fourth-order valence-corrected chi connectivity index (χ4v) is 3.54. The van der Waals surface area contributed by atoms with Gasteiger partial charge in [-0.15, -0.1) is 0 Å². The maximum Gasteiger partial charge on any atom is 0.411 e. The van der Waals surface area contributed by atoms with Crippen molar-refractivity contribution in [1.29, 1.82) is 0 Å². The quantitative estimate of drug-likeness (QED) is 0.944. The van der Waals surface area contributed by atoms with Crippen molar-refractivity contribution in [3.05, 3.63) is 71.8 Å². The van der Waals surface area contributed by atoms with Gasteiger partial charge < -0.3 is 14.7 Å². The van der Waals surface area contributed by atoms with Crippen LogP contribution in [0.2, 0.25) is 0 Å². The second-order valence-electron chi connectivity index (χ2n) is 6.05. The van der Waals surface area contributed by atoms with E-state index in [1.807, 2.05) is 67.6 Å². The molecule has 120 valence electrons. The zero-order chi connectivity index (χ0) is 16.4. The lowest BCUT2D eigenvalue weighted by molar-refractivity contribution is 0.0411. The third-order valence-electron chi connectivity index (χ3n) is 4.60. The van der Waals surface area contributed by atoms with Gasteiger partial charge in [0.2, 0.25) is 0 Å². The lowest BCUT2D eigenvalue weighted by Gasteiger charge is -2.37. The molecular formula is C19H21NO3. The van der Waals surface area contributed by atoms with Gasteiger partial charge in [0.05, 0.1) is 6.04 Å². The number of amides is 1. The number of hydrogen-bond donors (Lipinski definition) is 1. The summed E-state index contributed by atoms with van der Waals surface area (Å²) in [6.45, 7) is 1.91. The summed E-state index contributed by atoms with van der Waals surface area (Å²) in [5.41, 5.74) is 0.902. The van der Waals surface area contributed by atoms with E-state index in [1.165, 1.54) is 0 Å². The van der Waals surface area contributed by atoms with E-state index in [9.17, 15) is 9.90 Å². The van der Waals surface area contributed by atoms with Crippen LogP contribution in [-0.4, -0.2) is 35.8 Å². The van der Waals surface area contributed by atoms with E-state index < -0.39 is 5.60 Å². The molecule has 4 heteroatoms. The Labute approximate surface area is 136 Å². The van der Waals surface area contributed by atoms with Crippen molar-refractivity contribution >= 4 is 6.09 Å². The first-order valence-corrected chi connectivity index (χ1v) is 7.79. The average molecular weight is 311 g/mol. The molecule has 0 spiro atoms. The number of likely N-dealkylation sites (N-methyl/N-ethyl adjacent to an activating group) is 1. The number of benzene rings is 2. The summed E-state index contributed by atoms with van der Waals surface area (Å²) in [5, 5.41) is 9.73. The summed E-state index contributed by atoms with van der Waals surface area (Å²) in [4.78, 5) is 14.0. The standard InChI is InChI=1S/C19H21NO3/c1-14(13-21)17-19(23-18(22)20(17)2,15-9-5-3-6-10-15)16-11-7-4-8-12-16/h3-12,14,17,21H,13H2,1-2H3. The van der Waals surface area contributed by atoms with Crippen LogP contribution in [0, 0.1) is 5.92 Å². The third-order valence-corrected chi connectivity index (χ3v) is 4.60. The number of hydrogen-bond acceptors (Lipinski definition) is 3. The Morgan fingerprint density at radius 1 is 1.09 bits per heavy atom. The monoisotopic (exact) mass is 311 g/mol. The van der Waals surface area contributed by atoms with Crippen molar-refractivity contribution in [3.63, 3.8) is 0 Å². The Morgan fingerprint density at radius 3 is 2.00 bits per heavy atom. The molecule has 0 bridgehead atoms. The normalized spacial score (nSPS) is 21.1. The van der Waals surface area contributed by atoms with Gasteiger partial charge in [0.25, 0.3) is 0 Å². The van der Waals surface area contributed by atoms with Crippen LogP contribution in [0.3, 0.4) is 0 Å². The van der Waals surface area contributed by atoms with E-state index in [4.69, 9.17) is 4.74 Å². The largest absolute Gasteiger partial charge is 0.431 e. The lowest BCUT2D eigenvalue weighted by atomic mass is 9.75. The Kier molecular flexibility index (Phi) is 4.09. The molecule has 1 amide bonds. The molecule has 0 radical (unpaired) electrons. The first-order valence-electron chi connectivity index (χ1n) is 7.79. The fourth-order valence-electron chi connectivity index (χ4n) is 3.54. The van der Waals surface area contributed by atoms with Crippen LogP contribution < -0.4 is 0 Å². The highest BCUT2D eigenvalue weighted by atomic mass is 16.6. The van der Waals surface area contributed by atoms with Crippen molar-refractivity contribution in [2.75, 3.05) is 13.7 Å². The molecule has 23 heavy (non-hydrogen) atoms. The molecule has 1 fully saturated rings.